The Balaban J connectivity index is 2.34. The Morgan fingerprint density at radius 3 is 2.83 bits per heavy atom. The number of amides is 1. The van der Waals surface area contributed by atoms with E-state index in [1.54, 1.807) is 12.3 Å². The lowest BCUT2D eigenvalue weighted by Crippen LogP contribution is -2.17. The van der Waals surface area contributed by atoms with Crippen LogP contribution in [0.15, 0.2) is 18.3 Å². The van der Waals surface area contributed by atoms with E-state index in [2.05, 4.69) is 9.71 Å². The van der Waals surface area contributed by atoms with Crippen LogP contribution in [0, 0.1) is 0 Å². The zero-order chi connectivity index (χ0) is 12.9. The summed E-state index contributed by atoms with van der Waals surface area (Å²) in [6, 6.07) is 3.11. The Morgan fingerprint density at radius 2 is 2.11 bits per heavy atom. The van der Waals surface area contributed by atoms with Gasteiger partial charge in [-0.15, -0.1) is 0 Å². The lowest BCUT2D eigenvalue weighted by molar-refractivity contribution is 0.100. The van der Waals surface area contributed by atoms with Gasteiger partial charge in [0.1, 0.15) is 0 Å². The highest BCUT2D eigenvalue weighted by Gasteiger charge is 2.21. The van der Waals surface area contributed by atoms with E-state index in [0.29, 0.717) is 17.6 Å². The molecule has 2 aromatic rings. The molecule has 2 heterocycles. The van der Waals surface area contributed by atoms with Crippen LogP contribution in [0.4, 0.5) is 5.69 Å². The van der Waals surface area contributed by atoms with Gasteiger partial charge in [-0.05, 0) is 24.1 Å². The maximum atomic E-state index is 11.7. The third-order valence-electron chi connectivity index (χ3n) is 3.05. The smallest absolute Gasteiger partial charge is 0.248 e. The van der Waals surface area contributed by atoms with Crippen LogP contribution in [0.1, 0.15) is 15.9 Å². The second-order valence-electron chi connectivity index (χ2n) is 4.30. The average Bonchev–Trinajstić information content (AvgIpc) is 2.63. The molecule has 0 atom stereocenters. The number of benzene rings is 1. The number of carbonyl (C=O) groups is 1. The molecule has 1 aromatic carbocycles. The van der Waals surface area contributed by atoms with Crippen molar-refractivity contribution < 1.29 is 13.2 Å². The molecule has 0 saturated carbocycles. The lowest BCUT2D eigenvalue weighted by atomic mass is 10.1. The van der Waals surface area contributed by atoms with Gasteiger partial charge in [-0.3, -0.25) is 9.52 Å². The number of anilines is 1. The number of hydrogen-bond donors (Lipinski definition) is 3. The van der Waals surface area contributed by atoms with Crippen molar-refractivity contribution in [2.75, 3.05) is 10.5 Å². The van der Waals surface area contributed by atoms with Crippen LogP contribution < -0.4 is 10.5 Å². The monoisotopic (exact) mass is 265 g/mol. The normalized spacial score (nSPS) is 17.1. The first-order chi connectivity index (χ1) is 8.46. The third kappa shape index (κ3) is 1.63. The fourth-order valence-electron chi connectivity index (χ4n) is 2.22. The van der Waals surface area contributed by atoms with Crippen molar-refractivity contribution in [3.8, 4) is 0 Å². The SMILES string of the molecule is NC(=O)c1cc2c3c(c[nH]c3c1)CCS(=O)(=O)N2. The second-order valence-corrected chi connectivity index (χ2v) is 6.14. The molecule has 0 spiro atoms. The first-order valence-corrected chi connectivity index (χ1v) is 7.06. The summed E-state index contributed by atoms with van der Waals surface area (Å²) < 4.78 is 25.9. The Bertz CT molecular complexity index is 761. The van der Waals surface area contributed by atoms with E-state index in [0.717, 1.165) is 10.9 Å². The van der Waals surface area contributed by atoms with Gasteiger partial charge in [0.05, 0.1) is 11.4 Å². The minimum atomic E-state index is -3.36. The highest BCUT2D eigenvalue weighted by molar-refractivity contribution is 7.92. The quantitative estimate of drug-likeness (QED) is 0.701. The number of aryl methyl sites for hydroxylation is 1. The van der Waals surface area contributed by atoms with Crippen molar-refractivity contribution in [3.63, 3.8) is 0 Å². The predicted octanol–water partition coefficient (Wildman–Crippen LogP) is 0.565. The van der Waals surface area contributed by atoms with E-state index in [-0.39, 0.29) is 11.3 Å². The summed E-state index contributed by atoms with van der Waals surface area (Å²) in [6.45, 7) is 0. The molecule has 1 aliphatic heterocycles. The molecule has 1 aromatic heterocycles. The van der Waals surface area contributed by atoms with Crippen LogP contribution in [-0.2, 0) is 16.4 Å². The average molecular weight is 265 g/mol. The molecule has 1 amide bonds. The fraction of sp³-hybridized carbons (Fsp3) is 0.182. The first-order valence-electron chi connectivity index (χ1n) is 5.40. The molecular weight excluding hydrogens is 254 g/mol. The molecule has 0 bridgehead atoms. The summed E-state index contributed by atoms with van der Waals surface area (Å²) in [7, 11) is -3.36. The molecule has 0 aliphatic carbocycles. The van der Waals surface area contributed by atoms with Crippen LogP contribution >= 0.6 is 0 Å². The Kier molecular flexibility index (Phi) is 2.15. The summed E-state index contributed by atoms with van der Waals surface area (Å²) in [5, 5.41) is 0.807. The van der Waals surface area contributed by atoms with Gasteiger partial charge in [0.15, 0.2) is 0 Å². The van der Waals surface area contributed by atoms with E-state index >= 15 is 0 Å². The molecule has 18 heavy (non-hydrogen) atoms. The molecule has 94 valence electrons. The molecule has 4 N–H and O–H groups in total. The largest absolute Gasteiger partial charge is 0.366 e. The van der Waals surface area contributed by atoms with Gasteiger partial charge >= 0.3 is 0 Å². The number of rotatable bonds is 1. The molecule has 0 radical (unpaired) electrons. The number of H-pyrrole nitrogens is 1. The highest BCUT2D eigenvalue weighted by atomic mass is 32.2. The fourth-order valence-corrected chi connectivity index (χ4v) is 3.31. The number of nitrogens with two attached hydrogens (primary N) is 1. The van der Waals surface area contributed by atoms with Crippen LogP contribution in [0.25, 0.3) is 10.9 Å². The van der Waals surface area contributed by atoms with E-state index in [1.165, 1.54) is 6.07 Å². The topological polar surface area (TPSA) is 105 Å². The van der Waals surface area contributed by atoms with E-state index < -0.39 is 15.9 Å². The van der Waals surface area contributed by atoms with Gasteiger partial charge in [-0.25, -0.2) is 8.42 Å². The summed E-state index contributed by atoms with van der Waals surface area (Å²) in [4.78, 5) is 14.2. The number of carbonyl (C=O) groups excluding carboxylic acids is 1. The van der Waals surface area contributed by atoms with Gasteiger partial charge in [-0.1, -0.05) is 0 Å². The van der Waals surface area contributed by atoms with Crippen molar-refractivity contribution in [3.05, 3.63) is 29.5 Å². The molecule has 3 rings (SSSR count). The van der Waals surface area contributed by atoms with Crippen molar-refractivity contribution in [1.82, 2.24) is 4.98 Å². The summed E-state index contributed by atoms with van der Waals surface area (Å²) in [5.74, 6) is -0.562. The van der Waals surface area contributed by atoms with Gasteiger partial charge in [0.25, 0.3) is 0 Å². The first kappa shape index (κ1) is 11.1. The van der Waals surface area contributed by atoms with Crippen LogP contribution in [-0.4, -0.2) is 25.1 Å². The maximum absolute atomic E-state index is 11.7. The maximum Gasteiger partial charge on any atom is 0.248 e. The van der Waals surface area contributed by atoms with Crippen molar-refractivity contribution in [1.29, 1.82) is 0 Å². The predicted molar refractivity (Wildman–Crippen MR) is 67.9 cm³/mol. The third-order valence-corrected chi connectivity index (χ3v) is 4.32. The standard InChI is InChI=1S/C11H11N3O3S/c12-11(15)7-3-8-10-6(5-13-8)1-2-18(16,17)14-9(10)4-7/h3-5,13-14H,1-2H2,(H2,12,15). The van der Waals surface area contributed by atoms with E-state index in [9.17, 15) is 13.2 Å². The Hall–Kier alpha value is -2.02. The molecule has 0 unspecified atom stereocenters. The zero-order valence-electron chi connectivity index (χ0n) is 9.36. The minimum Gasteiger partial charge on any atom is -0.366 e. The number of aromatic nitrogens is 1. The van der Waals surface area contributed by atoms with Crippen molar-refractivity contribution in [2.24, 2.45) is 5.73 Å². The Labute approximate surface area is 103 Å². The van der Waals surface area contributed by atoms with Crippen molar-refractivity contribution in [2.45, 2.75) is 6.42 Å². The van der Waals surface area contributed by atoms with E-state index in [4.69, 9.17) is 5.73 Å². The lowest BCUT2D eigenvalue weighted by Gasteiger charge is -2.07. The van der Waals surface area contributed by atoms with Crippen LogP contribution in [0.2, 0.25) is 0 Å². The van der Waals surface area contributed by atoms with Crippen LogP contribution in [0.3, 0.4) is 0 Å². The number of sulfonamides is 1. The van der Waals surface area contributed by atoms with Gasteiger partial charge in [0.2, 0.25) is 15.9 Å². The highest BCUT2D eigenvalue weighted by Crippen LogP contribution is 2.32. The van der Waals surface area contributed by atoms with Crippen LogP contribution in [0.5, 0.6) is 0 Å². The molecular formula is C11H11N3O3S. The summed E-state index contributed by atoms with van der Waals surface area (Å²) >= 11 is 0. The number of hydrogen-bond acceptors (Lipinski definition) is 3. The molecule has 7 heteroatoms. The molecule has 0 fully saturated rings. The van der Waals surface area contributed by atoms with Gasteiger partial charge in [0, 0.05) is 22.7 Å². The number of aromatic amines is 1. The Morgan fingerprint density at radius 1 is 1.33 bits per heavy atom. The van der Waals surface area contributed by atoms with Crippen molar-refractivity contribution >= 4 is 32.5 Å². The zero-order valence-corrected chi connectivity index (χ0v) is 10.2. The van der Waals surface area contributed by atoms with Gasteiger partial charge in [-0.2, -0.15) is 0 Å². The van der Waals surface area contributed by atoms with E-state index in [1.807, 2.05) is 0 Å². The minimum absolute atomic E-state index is 0.0283. The van der Waals surface area contributed by atoms with Gasteiger partial charge < -0.3 is 10.7 Å². The molecule has 0 saturated heterocycles. The molecule has 6 nitrogen and oxygen atoms in total. The summed E-state index contributed by atoms with van der Waals surface area (Å²) in [5.41, 5.74) is 7.55. The number of nitrogens with one attached hydrogen (secondary N) is 2. The number of primary amides is 1. The summed E-state index contributed by atoms with van der Waals surface area (Å²) in [6.07, 6.45) is 2.21. The second kappa shape index (κ2) is 3.49. The molecule has 1 aliphatic rings.